The molecule has 0 atom stereocenters. The number of rotatable bonds is 0. The highest BCUT2D eigenvalue weighted by Gasteiger charge is 2.07. The molecular weight excluding hydrogens is 248 g/mol. The fraction of sp³-hybridized carbons (Fsp3) is 0.125. The normalized spacial score (nSPS) is 9.67. The SMILES string of the molecule is Cc1ccc2c(C#C[SiH3])c(C)cc(C#C[SiH3])c2c1. The van der Waals surface area contributed by atoms with Crippen LogP contribution in [0.1, 0.15) is 22.3 Å². The molecule has 0 aliphatic carbocycles. The summed E-state index contributed by atoms with van der Waals surface area (Å²) >= 11 is 0. The zero-order valence-corrected chi connectivity index (χ0v) is 15.3. The maximum atomic E-state index is 3.28. The monoisotopic (exact) mass is 264 g/mol. The van der Waals surface area contributed by atoms with E-state index in [2.05, 4.69) is 61.0 Å². The van der Waals surface area contributed by atoms with Gasteiger partial charge in [-0.1, -0.05) is 35.6 Å². The fourth-order valence-corrected chi connectivity index (χ4v) is 2.73. The van der Waals surface area contributed by atoms with Gasteiger partial charge < -0.3 is 0 Å². The number of aryl methyl sites for hydroxylation is 2. The topological polar surface area (TPSA) is 0 Å². The maximum absolute atomic E-state index is 3.28. The van der Waals surface area contributed by atoms with E-state index in [9.17, 15) is 0 Å². The molecule has 0 spiro atoms. The summed E-state index contributed by atoms with van der Waals surface area (Å²) in [5.41, 5.74) is 11.1. The van der Waals surface area contributed by atoms with Crippen molar-refractivity contribution < 1.29 is 0 Å². The Kier molecular flexibility index (Phi) is 3.72. The Morgan fingerprint density at radius 1 is 0.889 bits per heavy atom. The maximum Gasteiger partial charge on any atom is 0.0911 e. The molecule has 18 heavy (non-hydrogen) atoms. The Labute approximate surface area is 115 Å². The lowest BCUT2D eigenvalue weighted by Gasteiger charge is -2.09. The van der Waals surface area contributed by atoms with Crippen molar-refractivity contribution in [3.05, 3.63) is 46.5 Å². The minimum atomic E-state index is 0.912. The Morgan fingerprint density at radius 2 is 1.61 bits per heavy atom. The molecule has 0 bridgehead atoms. The molecule has 0 aliphatic rings. The molecule has 88 valence electrons. The Hall–Kier alpha value is -1.75. The summed E-state index contributed by atoms with van der Waals surface area (Å²) < 4.78 is 0. The van der Waals surface area contributed by atoms with Gasteiger partial charge in [0.25, 0.3) is 0 Å². The van der Waals surface area contributed by atoms with Crippen LogP contribution in [-0.4, -0.2) is 20.5 Å². The van der Waals surface area contributed by atoms with E-state index in [0.29, 0.717) is 0 Å². The van der Waals surface area contributed by atoms with Crippen molar-refractivity contribution in [3.63, 3.8) is 0 Å². The molecule has 0 amide bonds. The van der Waals surface area contributed by atoms with Crippen molar-refractivity contribution in [2.24, 2.45) is 0 Å². The first-order valence-corrected chi connectivity index (χ1v) is 8.07. The smallest absolute Gasteiger partial charge is 0.0911 e. The summed E-state index contributed by atoms with van der Waals surface area (Å²) in [6.45, 7) is 4.24. The summed E-state index contributed by atoms with van der Waals surface area (Å²) in [6, 6.07) is 8.72. The minimum Gasteiger partial charge on any atom is -0.138 e. The summed E-state index contributed by atoms with van der Waals surface area (Å²) in [5, 5.41) is 2.48. The van der Waals surface area contributed by atoms with Crippen LogP contribution in [0.3, 0.4) is 0 Å². The average molecular weight is 264 g/mol. The van der Waals surface area contributed by atoms with Crippen LogP contribution >= 0.6 is 0 Å². The van der Waals surface area contributed by atoms with E-state index in [-0.39, 0.29) is 0 Å². The zero-order chi connectivity index (χ0) is 13.1. The second-order valence-electron chi connectivity index (χ2n) is 4.42. The first-order valence-electron chi connectivity index (χ1n) is 6.07. The molecule has 2 rings (SSSR count). The minimum absolute atomic E-state index is 0.912. The highest BCUT2D eigenvalue weighted by Crippen LogP contribution is 2.26. The first-order chi connectivity index (χ1) is 8.67. The van der Waals surface area contributed by atoms with Crippen LogP contribution < -0.4 is 0 Å². The molecule has 2 aromatic rings. The molecule has 0 heterocycles. The van der Waals surface area contributed by atoms with E-state index in [0.717, 1.165) is 26.0 Å². The van der Waals surface area contributed by atoms with Crippen molar-refractivity contribution in [2.75, 3.05) is 0 Å². The molecule has 0 unspecified atom stereocenters. The van der Waals surface area contributed by atoms with Gasteiger partial charge in [0.1, 0.15) is 0 Å². The van der Waals surface area contributed by atoms with Gasteiger partial charge in [-0.05, 0) is 36.2 Å². The lowest BCUT2D eigenvalue weighted by Crippen LogP contribution is -1.91. The van der Waals surface area contributed by atoms with E-state index in [1.807, 2.05) is 0 Å². The standard InChI is InChI=1S/C16H16Si2/c1-11-3-4-15-14(6-8-18)12(2)10-13(5-7-17)16(15)9-11/h3-4,9-10H,1-2,17-18H3. The third-order valence-electron chi connectivity index (χ3n) is 3.00. The van der Waals surface area contributed by atoms with Crippen molar-refractivity contribution >= 4 is 31.3 Å². The van der Waals surface area contributed by atoms with Crippen molar-refractivity contribution in [1.82, 2.24) is 0 Å². The van der Waals surface area contributed by atoms with Gasteiger partial charge >= 0.3 is 0 Å². The van der Waals surface area contributed by atoms with Gasteiger partial charge in [-0.2, -0.15) is 0 Å². The average Bonchev–Trinajstić information content (AvgIpc) is 2.34. The van der Waals surface area contributed by atoms with Crippen LogP contribution in [0.15, 0.2) is 24.3 Å². The van der Waals surface area contributed by atoms with E-state index < -0.39 is 0 Å². The number of fused-ring (bicyclic) bond motifs is 1. The van der Waals surface area contributed by atoms with Crippen LogP contribution in [0.5, 0.6) is 0 Å². The van der Waals surface area contributed by atoms with Gasteiger partial charge in [0.15, 0.2) is 0 Å². The molecule has 0 nitrogen and oxygen atoms in total. The predicted molar refractivity (Wildman–Crippen MR) is 87.1 cm³/mol. The van der Waals surface area contributed by atoms with E-state index >= 15 is 0 Å². The molecule has 2 aromatic carbocycles. The van der Waals surface area contributed by atoms with Gasteiger partial charge in [-0.3, -0.25) is 0 Å². The van der Waals surface area contributed by atoms with Gasteiger partial charge in [0.05, 0.1) is 20.5 Å². The lowest BCUT2D eigenvalue weighted by atomic mass is 9.94. The van der Waals surface area contributed by atoms with Crippen LogP contribution in [0.4, 0.5) is 0 Å². The van der Waals surface area contributed by atoms with Gasteiger partial charge in [0, 0.05) is 11.1 Å². The number of hydrogen-bond donors (Lipinski definition) is 0. The van der Waals surface area contributed by atoms with E-state index in [4.69, 9.17) is 0 Å². The summed E-state index contributed by atoms with van der Waals surface area (Å²) in [6.07, 6.45) is 0. The fourth-order valence-electron chi connectivity index (χ4n) is 2.21. The number of hydrogen-bond acceptors (Lipinski definition) is 0. The Bertz CT molecular complexity index is 735. The van der Waals surface area contributed by atoms with Gasteiger partial charge in [-0.25, -0.2) is 0 Å². The lowest BCUT2D eigenvalue weighted by molar-refractivity contribution is 1.44. The van der Waals surface area contributed by atoms with Crippen molar-refractivity contribution in [2.45, 2.75) is 13.8 Å². The highest BCUT2D eigenvalue weighted by molar-refractivity contribution is 6.23. The van der Waals surface area contributed by atoms with Crippen LogP contribution in [-0.2, 0) is 0 Å². The third kappa shape index (κ3) is 2.26. The molecule has 0 saturated heterocycles. The first kappa shape index (κ1) is 12.7. The Balaban J connectivity index is 2.95. The molecule has 2 heteroatoms. The molecule has 0 N–H and O–H groups in total. The van der Waals surface area contributed by atoms with Gasteiger partial charge in [0.2, 0.25) is 0 Å². The molecule has 0 saturated carbocycles. The largest absolute Gasteiger partial charge is 0.138 e. The van der Waals surface area contributed by atoms with Crippen molar-refractivity contribution in [1.29, 1.82) is 0 Å². The van der Waals surface area contributed by atoms with E-state index in [1.54, 1.807) is 0 Å². The van der Waals surface area contributed by atoms with Gasteiger partial charge in [-0.15, -0.1) is 11.1 Å². The van der Waals surface area contributed by atoms with Crippen LogP contribution in [0.2, 0.25) is 0 Å². The summed E-state index contributed by atoms with van der Waals surface area (Å²) in [7, 11) is 1.82. The Morgan fingerprint density at radius 3 is 2.28 bits per heavy atom. The van der Waals surface area contributed by atoms with Crippen LogP contribution in [0, 0.1) is 36.8 Å². The third-order valence-corrected chi connectivity index (χ3v) is 3.50. The second kappa shape index (κ2) is 5.27. The quantitative estimate of drug-likeness (QED) is 0.488. The molecule has 0 aliphatic heterocycles. The highest BCUT2D eigenvalue weighted by atomic mass is 28.1. The summed E-state index contributed by atoms with van der Waals surface area (Å²) in [4.78, 5) is 0. The number of benzene rings is 2. The van der Waals surface area contributed by atoms with E-state index in [1.165, 1.54) is 27.5 Å². The summed E-state index contributed by atoms with van der Waals surface area (Å²) in [5.74, 6) is 6.54. The molecule has 0 aromatic heterocycles. The van der Waals surface area contributed by atoms with Crippen LogP contribution in [0.25, 0.3) is 10.8 Å². The zero-order valence-electron chi connectivity index (χ0n) is 11.3. The second-order valence-corrected chi connectivity index (χ2v) is 5.42. The molecule has 0 fully saturated rings. The molecular formula is C16H16Si2. The van der Waals surface area contributed by atoms with Crippen molar-refractivity contribution in [3.8, 4) is 22.9 Å². The predicted octanol–water partition coefficient (Wildman–Crippen LogP) is 0.805. The molecule has 0 radical (unpaired) electrons.